The highest BCUT2D eigenvalue weighted by Gasteiger charge is 2.73. The number of benzene rings is 2. The van der Waals surface area contributed by atoms with E-state index in [0.29, 0.717) is 12.8 Å². The van der Waals surface area contributed by atoms with Gasteiger partial charge in [0.05, 0.1) is 16.9 Å². The van der Waals surface area contributed by atoms with Crippen LogP contribution in [0.5, 0.6) is 5.75 Å². The number of alkyl halides is 9. The van der Waals surface area contributed by atoms with Crippen LogP contribution < -0.4 is 15.0 Å². The van der Waals surface area contributed by atoms with Crippen LogP contribution in [0.2, 0.25) is 0 Å². The van der Waals surface area contributed by atoms with E-state index in [2.05, 4.69) is 25.7 Å². The molecule has 0 atom stereocenters. The van der Waals surface area contributed by atoms with E-state index in [1.807, 2.05) is 5.32 Å². The smallest absolute Gasteiger partial charge is 0.433 e. The minimum atomic E-state index is -6.60. The number of amides is 2. The highest BCUT2D eigenvalue weighted by molar-refractivity contribution is 9.10. The lowest BCUT2D eigenvalue weighted by atomic mass is 9.93. The number of carbonyl (C=O) groups is 2. The fourth-order valence-electron chi connectivity index (χ4n) is 4.20. The summed E-state index contributed by atoms with van der Waals surface area (Å²) in [5.41, 5.74) is -10.8. The lowest BCUT2D eigenvalue weighted by Crippen LogP contribution is -2.50. The monoisotopic (exact) mass is 719 g/mol. The Balaban J connectivity index is 1.75. The number of aromatic nitrogens is 1. The molecule has 45 heavy (non-hydrogen) atoms. The van der Waals surface area contributed by atoms with E-state index in [1.54, 1.807) is 0 Å². The first-order chi connectivity index (χ1) is 20.8. The van der Waals surface area contributed by atoms with Gasteiger partial charge in [0.2, 0.25) is 5.95 Å². The van der Waals surface area contributed by atoms with Crippen LogP contribution in [-0.4, -0.2) is 42.3 Å². The summed E-state index contributed by atoms with van der Waals surface area (Å²) in [5.74, 6) is -6.28. The molecule has 1 fully saturated rings. The zero-order valence-electron chi connectivity index (χ0n) is 22.0. The lowest BCUT2D eigenvalue weighted by molar-refractivity contribution is -0.348. The van der Waals surface area contributed by atoms with E-state index in [1.165, 1.54) is 0 Å². The first kappa shape index (κ1) is 33.9. The van der Waals surface area contributed by atoms with Crippen LogP contribution in [0.3, 0.4) is 0 Å². The zero-order valence-corrected chi connectivity index (χ0v) is 23.6. The molecular weight excluding hydrogens is 703 g/mol. The molecule has 1 heterocycles. The highest BCUT2D eigenvalue weighted by Crippen LogP contribution is 2.55. The molecule has 2 amide bonds. The summed E-state index contributed by atoms with van der Waals surface area (Å²) >= 11 is 2.53. The summed E-state index contributed by atoms with van der Waals surface area (Å²) in [4.78, 5) is 30.6. The molecule has 0 aliphatic heterocycles. The van der Waals surface area contributed by atoms with Crippen molar-refractivity contribution in [3.63, 3.8) is 0 Å². The van der Waals surface area contributed by atoms with Gasteiger partial charge in [0, 0.05) is 34.4 Å². The molecule has 242 valence electrons. The topological polar surface area (TPSA) is 71.5 Å². The van der Waals surface area contributed by atoms with Gasteiger partial charge in [-0.05, 0) is 65.0 Å². The molecule has 2 aromatic carbocycles. The van der Waals surface area contributed by atoms with Crippen LogP contribution in [0.1, 0.15) is 39.1 Å². The fourth-order valence-corrected chi connectivity index (χ4v) is 4.74. The lowest BCUT2D eigenvalue weighted by Gasteiger charge is -2.31. The second kappa shape index (κ2) is 12.4. The van der Waals surface area contributed by atoms with E-state index in [9.17, 15) is 53.5 Å². The van der Waals surface area contributed by atoms with Gasteiger partial charge < -0.3 is 15.0 Å². The molecule has 0 bridgehead atoms. The third-order valence-corrected chi connectivity index (χ3v) is 7.18. The Bertz CT molecular complexity index is 1600. The van der Waals surface area contributed by atoms with Crippen molar-refractivity contribution in [3.05, 3.63) is 81.6 Å². The first-order valence-corrected chi connectivity index (χ1v) is 13.3. The molecule has 1 aliphatic rings. The number of anilines is 2. The van der Waals surface area contributed by atoms with Crippen molar-refractivity contribution in [1.82, 2.24) is 4.98 Å². The van der Waals surface area contributed by atoms with Crippen molar-refractivity contribution < 1.29 is 62.6 Å². The predicted molar refractivity (Wildman–Crippen MR) is 139 cm³/mol. The Labute approximate surface area is 254 Å². The molecule has 1 saturated carbocycles. The average molecular weight is 720 g/mol. The molecule has 1 N–H and O–H groups in total. The van der Waals surface area contributed by atoms with Gasteiger partial charge >= 0.3 is 24.6 Å². The van der Waals surface area contributed by atoms with Gasteiger partial charge in [-0.25, -0.2) is 13.8 Å². The van der Waals surface area contributed by atoms with E-state index >= 15 is 4.39 Å². The summed E-state index contributed by atoms with van der Waals surface area (Å²) in [6.45, 7) is -3.93. The Morgan fingerprint density at radius 2 is 1.64 bits per heavy atom. The third-order valence-electron chi connectivity index (χ3n) is 6.56. The van der Waals surface area contributed by atoms with Crippen LogP contribution in [0.4, 0.5) is 59.7 Å². The summed E-state index contributed by atoms with van der Waals surface area (Å²) < 4.78 is 153. The van der Waals surface area contributed by atoms with Gasteiger partial charge in [-0.15, -0.1) is 0 Å². The SMILES string of the molecule is O=C(Nc1c(Br)cc(C(F)(C(F)(F)F)C(F)(F)F)cc1OC(F)F)c1cccc(N(CC2CC2)C(=O)c2ccnc(F)c2)c1F. The molecule has 18 heteroatoms. The number of hydrogen-bond acceptors (Lipinski definition) is 4. The molecular formula is C27H17BrF11N3O3. The van der Waals surface area contributed by atoms with E-state index in [4.69, 9.17) is 0 Å². The maximum Gasteiger partial charge on any atom is 0.435 e. The van der Waals surface area contributed by atoms with Crippen molar-refractivity contribution in [3.8, 4) is 5.75 Å². The molecule has 0 radical (unpaired) electrons. The van der Waals surface area contributed by atoms with E-state index in [-0.39, 0.29) is 30.2 Å². The summed E-state index contributed by atoms with van der Waals surface area (Å²) in [5, 5.41) is 1.85. The van der Waals surface area contributed by atoms with Crippen LogP contribution in [0.15, 0.2) is 53.1 Å². The zero-order chi connectivity index (χ0) is 33.5. The Hall–Kier alpha value is -3.96. The third kappa shape index (κ3) is 6.99. The normalized spacial score (nSPS) is 14.0. The van der Waals surface area contributed by atoms with E-state index in [0.717, 1.165) is 41.4 Å². The van der Waals surface area contributed by atoms with Crippen LogP contribution >= 0.6 is 15.9 Å². The van der Waals surface area contributed by atoms with Crippen molar-refractivity contribution in [2.24, 2.45) is 5.92 Å². The Morgan fingerprint density at radius 3 is 2.20 bits per heavy atom. The van der Waals surface area contributed by atoms with Gasteiger partial charge in [-0.2, -0.15) is 39.5 Å². The molecule has 6 nitrogen and oxygen atoms in total. The molecule has 1 aromatic heterocycles. The maximum absolute atomic E-state index is 15.8. The highest BCUT2D eigenvalue weighted by atomic mass is 79.9. The largest absolute Gasteiger partial charge is 0.435 e. The average Bonchev–Trinajstić information content (AvgIpc) is 3.75. The van der Waals surface area contributed by atoms with Gasteiger partial charge in [-0.3, -0.25) is 9.59 Å². The molecule has 0 unspecified atom stereocenters. The van der Waals surface area contributed by atoms with E-state index < -0.39 is 80.9 Å². The van der Waals surface area contributed by atoms with Crippen LogP contribution in [0, 0.1) is 17.7 Å². The number of nitrogens with zero attached hydrogens (tertiary/aromatic N) is 2. The Kier molecular flexibility index (Phi) is 9.38. The summed E-state index contributed by atoms with van der Waals surface area (Å²) in [6, 6.07) is 4.66. The molecule has 3 aromatic rings. The number of nitrogens with one attached hydrogen (secondary N) is 1. The minimum absolute atomic E-state index is 0.0481. The first-order valence-electron chi connectivity index (χ1n) is 12.5. The number of carbonyl (C=O) groups excluding carboxylic acids is 2. The predicted octanol–water partition coefficient (Wildman–Crippen LogP) is 8.32. The van der Waals surface area contributed by atoms with Gasteiger partial charge in [-0.1, -0.05) is 6.07 Å². The second-order valence-electron chi connectivity index (χ2n) is 9.68. The number of ether oxygens (including phenoxy) is 1. The van der Waals surface area contributed by atoms with Crippen molar-refractivity contribution in [2.75, 3.05) is 16.8 Å². The van der Waals surface area contributed by atoms with Gasteiger partial charge in [0.25, 0.3) is 11.8 Å². The number of halogens is 12. The van der Waals surface area contributed by atoms with Crippen molar-refractivity contribution >= 4 is 39.1 Å². The molecule has 0 saturated heterocycles. The van der Waals surface area contributed by atoms with Crippen molar-refractivity contribution in [1.29, 1.82) is 0 Å². The quantitative estimate of drug-likeness (QED) is 0.178. The summed E-state index contributed by atoms with van der Waals surface area (Å²) in [6.07, 6.45) is -10.9. The Morgan fingerprint density at radius 1 is 1.00 bits per heavy atom. The second-order valence-corrected chi connectivity index (χ2v) is 10.5. The molecule has 1 aliphatic carbocycles. The van der Waals surface area contributed by atoms with Gasteiger partial charge in [0.15, 0.2) is 11.6 Å². The van der Waals surface area contributed by atoms with Crippen LogP contribution in [0.25, 0.3) is 0 Å². The summed E-state index contributed by atoms with van der Waals surface area (Å²) in [7, 11) is 0. The maximum atomic E-state index is 15.8. The fraction of sp³-hybridized carbons (Fsp3) is 0.296. The number of pyridine rings is 1. The molecule has 4 rings (SSSR count). The van der Waals surface area contributed by atoms with Gasteiger partial charge in [0.1, 0.15) is 0 Å². The molecule has 0 spiro atoms. The van der Waals surface area contributed by atoms with Crippen molar-refractivity contribution in [2.45, 2.75) is 37.5 Å². The standard InChI is InChI=1S/C27H17BrF11N3O3/c28-16-9-14(25(33,26(34,35)36)27(37,38)39)10-18(45-24(31)32)21(16)41-22(43)15-2-1-3-17(20(15)30)42(11-12-4-5-12)23(44)13-6-7-40-19(29)8-13/h1-3,6-10,12,24H,4-5,11H2,(H,41,43). The minimum Gasteiger partial charge on any atom is -0.433 e. The number of hydrogen-bond donors (Lipinski definition) is 1. The number of rotatable bonds is 9. The van der Waals surface area contributed by atoms with Crippen LogP contribution in [-0.2, 0) is 5.67 Å².